The second-order valence-corrected chi connectivity index (χ2v) is 12.4. The third-order valence-electron chi connectivity index (χ3n) is 8.83. The van der Waals surface area contributed by atoms with Crippen LogP contribution >= 0.6 is 11.3 Å². The maximum absolute atomic E-state index is 6.52. The highest BCUT2D eigenvalue weighted by Crippen LogP contribution is 2.42. The van der Waals surface area contributed by atoms with Crippen LogP contribution < -0.4 is 0 Å². The Hall–Kier alpha value is -5.78. The van der Waals surface area contributed by atoms with Gasteiger partial charge >= 0.3 is 0 Å². The first-order chi connectivity index (χ1) is 22.3. The molecule has 0 aliphatic heterocycles. The van der Waals surface area contributed by atoms with E-state index in [1.165, 1.54) is 15.5 Å². The number of benzene rings is 6. The first-order valence-electron chi connectivity index (χ1n) is 15.0. The van der Waals surface area contributed by atoms with E-state index < -0.39 is 0 Å². The lowest BCUT2D eigenvalue weighted by Crippen LogP contribution is -1.96. The molecule has 0 aliphatic carbocycles. The van der Waals surface area contributed by atoms with Crippen LogP contribution in [0.2, 0.25) is 0 Å². The molecule has 0 unspecified atom stereocenters. The summed E-state index contributed by atoms with van der Waals surface area (Å²) in [5, 5.41) is 6.85. The summed E-state index contributed by atoms with van der Waals surface area (Å²) in [6.07, 6.45) is 0. The van der Waals surface area contributed by atoms with Crippen molar-refractivity contribution in [3.63, 3.8) is 0 Å². The van der Waals surface area contributed by atoms with Crippen molar-refractivity contribution in [2.45, 2.75) is 0 Å². The van der Waals surface area contributed by atoms with Gasteiger partial charge < -0.3 is 8.98 Å². The van der Waals surface area contributed by atoms with Crippen molar-refractivity contribution in [2.75, 3.05) is 0 Å². The van der Waals surface area contributed by atoms with Crippen LogP contribution in [-0.4, -0.2) is 14.5 Å². The van der Waals surface area contributed by atoms with E-state index in [2.05, 4.69) is 114 Å². The normalized spacial score (nSPS) is 12.0. The Balaban J connectivity index is 1.26. The van der Waals surface area contributed by atoms with Crippen LogP contribution in [0.25, 0.3) is 92.4 Å². The van der Waals surface area contributed by atoms with Gasteiger partial charge in [0.2, 0.25) is 0 Å². The van der Waals surface area contributed by atoms with Gasteiger partial charge in [0, 0.05) is 48.4 Å². The van der Waals surface area contributed by atoms with Crippen LogP contribution in [0.4, 0.5) is 0 Å². The fourth-order valence-electron chi connectivity index (χ4n) is 6.85. The minimum absolute atomic E-state index is 0.735. The van der Waals surface area contributed by atoms with E-state index in [-0.39, 0.29) is 0 Å². The SMILES string of the molecule is c1ccc(-c2nc(-c3cccc(-n4c5ccccc5c5c6oc7ccccc7c6ccc54)c3)c3c(n2)sc2ccccc23)cc1. The van der Waals surface area contributed by atoms with Gasteiger partial charge in [0.1, 0.15) is 16.0 Å². The monoisotopic (exact) mass is 593 g/mol. The van der Waals surface area contributed by atoms with Gasteiger partial charge in [-0.3, -0.25) is 0 Å². The molecule has 5 heteroatoms. The van der Waals surface area contributed by atoms with E-state index in [9.17, 15) is 0 Å². The van der Waals surface area contributed by atoms with Crippen molar-refractivity contribution in [1.82, 2.24) is 14.5 Å². The molecule has 0 amide bonds. The first-order valence-corrected chi connectivity index (χ1v) is 15.8. The molecular weight excluding hydrogens is 571 g/mol. The molecule has 10 rings (SSSR count). The molecule has 0 N–H and O–H groups in total. The summed E-state index contributed by atoms with van der Waals surface area (Å²) >= 11 is 1.72. The smallest absolute Gasteiger partial charge is 0.161 e. The average molecular weight is 594 g/mol. The topological polar surface area (TPSA) is 43.9 Å². The Bertz CT molecular complexity index is 2770. The predicted octanol–water partition coefficient (Wildman–Crippen LogP) is 11.2. The molecule has 0 spiro atoms. The molecular formula is C40H23N3OS. The number of para-hydroxylation sites is 2. The quantitative estimate of drug-likeness (QED) is 0.205. The van der Waals surface area contributed by atoms with Crippen LogP contribution in [-0.2, 0) is 0 Å². The Labute approximate surface area is 261 Å². The molecule has 0 saturated carbocycles. The van der Waals surface area contributed by atoms with Gasteiger partial charge in [0.15, 0.2) is 5.82 Å². The van der Waals surface area contributed by atoms with Crippen molar-refractivity contribution >= 4 is 75.4 Å². The maximum atomic E-state index is 6.52. The molecule has 0 aliphatic rings. The van der Waals surface area contributed by atoms with Crippen LogP contribution in [0, 0.1) is 0 Å². The Morgan fingerprint density at radius 2 is 1.29 bits per heavy atom. The van der Waals surface area contributed by atoms with Crippen LogP contribution in [0.1, 0.15) is 0 Å². The minimum Gasteiger partial charge on any atom is -0.455 e. The van der Waals surface area contributed by atoms with Gasteiger partial charge in [-0.05, 0) is 42.5 Å². The summed E-state index contributed by atoms with van der Waals surface area (Å²) in [6, 6.07) is 48.8. The Morgan fingerprint density at radius 1 is 0.533 bits per heavy atom. The average Bonchev–Trinajstić information content (AvgIpc) is 3.77. The van der Waals surface area contributed by atoms with Crippen LogP contribution in [0.15, 0.2) is 144 Å². The summed E-state index contributed by atoms with van der Waals surface area (Å²) in [7, 11) is 0. The highest BCUT2D eigenvalue weighted by atomic mass is 32.1. The molecule has 0 radical (unpaired) electrons. The number of thiophene rings is 1. The van der Waals surface area contributed by atoms with E-state index in [1.54, 1.807) is 11.3 Å². The number of hydrogen-bond acceptors (Lipinski definition) is 4. The Kier molecular flexibility index (Phi) is 5.12. The summed E-state index contributed by atoms with van der Waals surface area (Å²) in [5.74, 6) is 0.735. The molecule has 0 bridgehead atoms. The largest absolute Gasteiger partial charge is 0.455 e. The maximum Gasteiger partial charge on any atom is 0.161 e. The van der Waals surface area contributed by atoms with Crippen molar-refractivity contribution in [3.8, 4) is 28.3 Å². The Morgan fingerprint density at radius 3 is 2.20 bits per heavy atom. The lowest BCUT2D eigenvalue weighted by molar-refractivity contribution is 0.673. The van der Waals surface area contributed by atoms with Gasteiger partial charge in [0.05, 0.1) is 22.1 Å². The van der Waals surface area contributed by atoms with E-state index in [0.717, 1.165) is 76.9 Å². The second-order valence-electron chi connectivity index (χ2n) is 11.4. The van der Waals surface area contributed by atoms with Gasteiger partial charge in [-0.25, -0.2) is 9.97 Å². The number of rotatable bonds is 3. The highest BCUT2D eigenvalue weighted by Gasteiger charge is 2.20. The van der Waals surface area contributed by atoms with Crippen LogP contribution in [0.5, 0.6) is 0 Å². The number of furan rings is 1. The first kappa shape index (κ1) is 24.6. The van der Waals surface area contributed by atoms with Crippen molar-refractivity contribution < 1.29 is 4.42 Å². The molecule has 45 heavy (non-hydrogen) atoms. The standard InChI is InChI=1S/C40H23N3OS/c1-2-11-24(12-3-1)39-41-37(36-30-17-6-9-20-34(30)45-40(36)42-39)25-13-10-14-26(23-25)43-31-18-7-4-16-29(31)35-32(43)22-21-28-27-15-5-8-19-33(27)44-38(28)35/h1-23H. The molecule has 210 valence electrons. The summed E-state index contributed by atoms with van der Waals surface area (Å²) in [5.41, 5.74) is 8.15. The number of fused-ring (bicyclic) bond motifs is 10. The molecule has 10 aromatic rings. The lowest BCUT2D eigenvalue weighted by Gasteiger charge is -2.12. The number of nitrogens with zero attached hydrogens (tertiary/aromatic N) is 3. The van der Waals surface area contributed by atoms with E-state index in [0.29, 0.717) is 0 Å². The van der Waals surface area contributed by atoms with E-state index in [1.807, 2.05) is 30.3 Å². The third-order valence-corrected chi connectivity index (χ3v) is 9.89. The summed E-state index contributed by atoms with van der Waals surface area (Å²) < 4.78 is 10.1. The van der Waals surface area contributed by atoms with Gasteiger partial charge in [0.25, 0.3) is 0 Å². The fourth-order valence-corrected chi connectivity index (χ4v) is 7.93. The predicted molar refractivity (Wildman–Crippen MR) is 187 cm³/mol. The van der Waals surface area contributed by atoms with Crippen molar-refractivity contribution in [1.29, 1.82) is 0 Å². The highest BCUT2D eigenvalue weighted by molar-refractivity contribution is 7.25. The fraction of sp³-hybridized carbons (Fsp3) is 0. The molecule has 4 aromatic heterocycles. The zero-order valence-electron chi connectivity index (χ0n) is 23.9. The lowest BCUT2D eigenvalue weighted by atomic mass is 10.0. The third kappa shape index (κ3) is 3.59. The van der Waals surface area contributed by atoms with Gasteiger partial charge in [-0.2, -0.15) is 0 Å². The summed E-state index contributed by atoms with van der Waals surface area (Å²) in [4.78, 5) is 11.3. The zero-order chi connectivity index (χ0) is 29.5. The van der Waals surface area contributed by atoms with Crippen molar-refractivity contribution in [2.24, 2.45) is 0 Å². The van der Waals surface area contributed by atoms with Crippen molar-refractivity contribution in [3.05, 3.63) is 140 Å². The summed E-state index contributed by atoms with van der Waals surface area (Å²) in [6.45, 7) is 0. The van der Waals surface area contributed by atoms with E-state index >= 15 is 0 Å². The molecule has 0 atom stereocenters. The zero-order valence-corrected chi connectivity index (χ0v) is 24.8. The minimum atomic E-state index is 0.735. The molecule has 4 heterocycles. The second kappa shape index (κ2) is 9.36. The molecule has 0 saturated heterocycles. The number of hydrogen-bond donors (Lipinski definition) is 0. The van der Waals surface area contributed by atoms with Gasteiger partial charge in [-0.15, -0.1) is 11.3 Å². The van der Waals surface area contributed by atoms with Crippen LogP contribution in [0.3, 0.4) is 0 Å². The van der Waals surface area contributed by atoms with E-state index in [4.69, 9.17) is 14.4 Å². The number of aromatic nitrogens is 3. The molecule has 0 fully saturated rings. The van der Waals surface area contributed by atoms with Gasteiger partial charge in [-0.1, -0.05) is 97.1 Å². The molecule has 6 aromatic carbocycles. The molecule has 4 nitrogen and oxygen atoms in total.